The second-order valence-electron chi connectivity index (χ2n) is 6.75. The van der Waals surface area contributed by atoms with Gasteiger partial charge in [0.1, 0.15) is 22.9 Å². The van der Waals surface area contributed by atoms with Gasteiger partial charge in [-0.3, -0.25) is 0 Å². The van der Waals surface area contributed by atoms with E-state index in [2.05, 4.69) is 5.10 Å². The van der Waals surface area contributed by atoms with Crippen LogP contribution in [0.1, 0.15) is 16.8 Å². The van der Waals surface area contributed by atoms with Crippen LogP contribution in [0, 0.1) is 11.3 Å². The highest BCUT2D eigenvalue weighted by Gasteiger charge is 2.65. The number of nitrogens with zero attached hydrogens (tertiary/aromatic N) is 3. The van der Waals surface area contributed by atoms with Crippen molar-refractivity contribution < 1.29 is 53.9 Å². The van der Waals surface area contributed by atoms with Crippen molar-refractivity contribution in [3.05, 3.63) is 34.0 Å². The number of nitriles is 1. The van der Waals surface area contributed by atoms with Crippen LogP contribution >= 0.6 is 11.6 Å². The van der Waals surface area contributed by atoms with E-state index in [1.165, 1.54) is 5.32 Å². The Morgan fingerprint density at radius 1 is 1.21 bits per heavy atom. The second kappa shape index (κ2) is 8.00. The Hall–Kier alpha value is -2.55. The van der Waals surface area contributed by atoms with E-state index in [-0.39, 0.29) is 16.8 Å². The highest BCUT2D eigenvalue weighted by molar-refractivity contribution is 7.86. The zero-order chi connectivity index (χ0) is 26.0. The number of anilines is 1. The fourth-order valence-corrected chi connectivity index (χ4v) is 4.49. The highest BCUT2D eigenvalue weighted by atomic mass is 35.5. The van der Waals surface area contributed by atoms with E-state index in [0.717, 1.165) is 6.07 Å². The molecule has 0 radical (unpaired) electrons. The lowest BCUT2D eigenvalue weighted by atomic mass is 9.80. The maximum atomic E-state index is 14.4. The fraction of sp³-hybridized carbons (Fsp3) is 0.375. The Balaban J connectivity index is 2.56. The molecule has 0 fully saturated rings. The minimum absolute atomic E-state index is 0.0857. The smallest absolute Gasteiger partial charge is 0.394 e. The molecule has 0 aliphatic carbocycles. The third kappa shape index (κ3) is 3.78. The summed E-state index contributed by atoms with van der Waals surface area (Å²) in [6.07, 6.45) is -14.1. The Labute approximate surface area is 189 Å². The van der Waals surface area contributed by atoms with Crippen molar-refractivity contribution in [1.29, 1.82) is 5.26 Å². The number of halogens is 10. The normalized spacial score (nSPS) is 20.1. The zero-order valence-corrected chi connectivity index (χ0v) is 17.3. The van der Waals surface area contributed by atoms with Crippen molar-refractivity contribution in [3.8, 4) is 11.8 Å². The van der Waals surface area contributed by atoms with Crippen molar-refractivity contribution in [3.63, 3.8) is 0 Å². The third-order valence-electron chi connectivity index (χ3n) is 4.81. The minimum Gasteiger partial charge on any atom is -0.394 e. The summed E-state index contributed by atoms with van der Waals surface area (Å²) >= 11 is 5.80. The molecule has 34 heavy (non-hydrogen) atoms. The van der Waals surface area contributed by atoms with E-state index in [1.54, 1.807) is 0 Å². The molecule has 1 aromatic heterocycles. The van der Waals surface area contributed by atoms with Crippen molar-refractivity contribution in [2.45, 2.75) is 34.4 Å². The first-order valence-corrected chi connectivity index (χ1v) is 10.0. The van der Waals surface area contributed by atoms with Gasteiger partial charge < -0.3 is 15.5 Å². The number of aromatic nitrogens is 2. The predicted octanol–water partition coefficient (Wildman–Crippen LogP) is 3.58. The average molecular weight is 543 g/mol. The van der Waals surface area contributed by atoms with Crippen molar-refractivity contribution in [1.82, 2.24) is 9.78 Å². The molecule has 0 saturated heterocycles. The number of aliphatic hydroxyl groups is 2. The fourth-order valence-electron chi connectivity index (χ4n) is 3.38. The zero-order valence-electron chi connectivity index (χ0n) is 15.8. The molecule has 0 amide bonds. The van der Waals surface area contributed by atoms with Gasteiger partial charge in [-0.1, -0.05) is 11.6 Å². The van der Waals surface area contributed by atoms with Gasteiger partial charge in [0.2, 0.25) is 0 Å². The summed E-state index contributed by atoms with van der Waals surface area (Å²) in [5.74, 6) is -1.38. The molecular formula is C16H8ClF9N4O3S. The molecule has 3 rings (SSSR count). The molecule has 7 nitrogen and oxygen atoms in total. The quantitative estimate of drug-likeness (QED) is 0.512. The minimum atomic E-state index is -5.79. The number of aliphatic hydroxyl groups excluding tert-OH is 2. The van der Waals surface area contributed by atoms with Crippen LogP contribution in [0.3, 0.4) is 0 Å². The van der Waals surface area contributed by atoms with Gasteiger partial charge >= 0.3 is 17.9 Å². The molecule has 0 saturated carbocycles. The summed E-state index contributed by atoms with van der Waals surface area (Å²) in [6, 6.07) is 1.18. The Kier molecular flexibility index (Phi) is 6.13. The number of rotatable bonds is 3. The van der Waals surface area contributed by atoms with E-state index in [0.29, 0.717) is 0 Å². The summed E-state index contributed by atoms with van der Waals surface area (Å²) in [5, 5.41) is 32.2. The highest BCUT2D eigenvalue weighted by Crippen LogP contribution is 2.53. The number of hydrogen-bond acceptors (Lipinski definition) is 6. The molecule has 1 aliphatic rings. The van der Waals surface area contributed by atoms with E-state index in [9.17, 15) is 53.9 Å². The molecular weight excluding hydrogens is 535 g/mol. The van der Waals surface area contributed by atoms with Crippen LogP contribution in [-0.4, -0.2) is 48.6 Å². The van der Waals surface area contributed by atoms with Crippen LogP contribution in [0.15, 0.2) is 17.0 Å². The Morgan fingerprint density at radius 3 is 2.24 bits per heavy atom. The lowest BCUT2D eigenvalue weighted by Crippen LogP contribution is -2.60. The largest absolute Gasteiger partial charge is 0.476 e. The molecule has 3 unspecified atom stereocenters. The van der Waals surface area contributed by atoms with E-state index in [4.69, 9.17) is 16.9 Å². The first-order chi connectivity index (χ1) is 15.4. The van der Waals surface area contributed by atoms with Crippen LogP contribution < -0.4 is 5.32 Å². The maximum Gasteiger partial charge on any atom is 0.476 e. The molecule has 18 heteroatoms. The Morgan fingerprint density at radius 2 is 1.79 bits per heavy atom. The standard InChI is InChI=1S/C16H8ClF9N4O3S/c17-7-2-5(14(18,19)20)1-6-10(7)30-12(28-13(6,9(32)4-31)15(21,22)23)11(8(3-27)29-30)34(33)16(24,25)26/h1-2,9,28,31-32H,4H2. The molecule has 186 valence electrons. The first kappa shape index (κ1) is 26.1. The molecule has 1 aliphatic heterocycles. The molecule has 0 spiro atoms. The van der Waals surface area contributed by atoms with E-state index in [1.807, 2.05) is 0 Å². The van der Waals surface area contributed by atoms with Gasteiger partial charge in [-0.15, -0.1) is 0 Å². The SMILES string of the molecule is N#Cc1nn2c(c1S(=O)C(F)(F)F)NC(C(O)CO)(C(F)(F)F)c1cc(C(F)(F)F)cc(Cl)c1-2. The molecule has 1 aromatic carbocycles. The first-order valence-electron chi connectivity index (χ1n) is 8.49. The lowest BCUT2D eigenvalue weighted by molar-refractivity contribution is -0.214. The summed E-state index contributed by atoms with van der Waals surface area (Å²) in [4.78, 5) is -1.59. The lowest BCUT2D eigenvalue weighted by Gasteiger charge is -2.44. The van der Waals surface area contributed by atoms with Crippen molar-refractivity contribution in [2.75, 3.05) is 11.9 Å². The number of fused-ring (bicyclic) bond motifs is 3. The van der Waals surface area contributed by atoms with Gasteiger partial charge in [0.05, 0.1) is 22.9 Å². The molecule has 3 N–H and O–H groups in total. The van der Waals surface area contributed by atoms with Gasteiger partial charge in [0, 0.05) is 5.56 Å². The van der Waals surface area contributed by atoms with Crippen LogP contribution in [0.4, 0.5) is 45.3 Å². The predicted molar refractivity (Wildman–Crippen MR) is 95.2 cm³/mol. The number of alkyl halides is 9. The van der Waals surface area contributed by atoms with Crippen molar-refractivity contribution in [2.24, 2.45) is 0 Å². The van der Waals surface area contributed by atoms with Gasteiger partial charge in [-0.2, -0.15) is 49.9 Å². The summed E-state index contributed by atoms with van der Waals surface area (Å²) in [5.41, 5.74) is -15.3. The topological polar surface area (TPSA) is 111 Å². The molecule has 3 atom stereocenters. The third-order valence-corrected chi connectivity index (χ3v) is 6.27. The summed E-state index contributed by atoms with van der Waals surface area (Å²) in [6.45, 7) is -1.74. The number of hydrogen-bond donors (Lipinski definition) is 3. The second-order valence-corrected chi connectivity index (χ2v) is 8.56. The summed E-state index contributed by atoms with van der Waals surface area (Å²) in [7, 11) is -4.15. The monoisotopic (exact) mass is 542 g/mol. The summed E-state index contributed by atoms with van der Waals surface area (Å²) < 4.78 is 135. The van der Waals surface area contributed by atoms with Crippen LogP contribution in [-0.2, 0) is 22.5 Å². The molecule has 2 aromatic rings. The molecule has 0 bridgehead atoms. The average Bonchev–Trinajstić information content (AvgIpc) is 3.06. The van der Waals surface area contributed by atoms with Gasteiger partial charge in [0.15, 0.2) is 22.0 Å². The van der Waals surface area contributed by atoms with Gasteiger partial charge in [-0.25, -0.2) is 8.89 Å². The van der Waals surface area contributed by atoms with Crippen LogP contribution in [0.5, 0.6) is 0 Å². The van der Waals surface area contributed by atoms with Crippen LogP contribution in [0.25, 0.3) is 5.69 Å². The number of nitrogens with one attached hydrogen (secondary N) is 1. The van der Waals surface area contributed by atoms with E-state index < -0.39 is 85.2 Å². The molecule has 2 heterocycles. The number of benzene rings is 1. The van der Waals surface area contributed by atoms with Gasteiger partial charge in [-0.05, 0) is 12.1 Å². The Bertz CT molecular complexity index is 1220. The van der Waals surface area contributed by atoms with Gasteiger partial charge in [0.25, 0.3) is 0 Å². The van der Waals surface area contributed by atoms with E-state index >= 15 is 0 Å². The van der Waals surface area contributed by atoms with Crippen molar-refractivity contribution >= 4 is 28.2 Å². The maximum absolute atomic E-state index is 14.4. The van der Waals surface area contributed by atoms with Crippen LogP contribution in [0.2, 0.25) is 5.02 Å².